The second-order valence-corrected chi connectivity index (χ2v) is 2.75. The number of nitrogens with zero attached hydrogens (tertiary/aromatic N) is 1. The first-order valence-electron chi connectivity index (χ1n) is 3.77. The number of carboxylic acids is 1. The van der Waals surface area contributed by atoms with Crippen molar-refractivity contribution in [2.45, 2.75) is 13.5 Å². The number of carboxylic acid groups (broad SMARTS) is 1. The quantitative estimate of drug-likeness (QED) is 0.441. The summed E-state index contributed by atoms with van der Waals surface area (Å²) in [6.07, 6.45) is 0.929. The summed E-state index contributed by atoms with van der Waals surface area (Å²) in [7, 11) is 0. The SMILES string of the molecule is Cc1c(O)c(C(=O)O)c(CO)c[n+]1[O-]. The Bertz CT molecular complexity index is 388. The van der Waals surface area contributed by atoms with Gasteiger partial charge in [-0.3, -0.25) is 0 Å². The molecule has 6 heteroatoms. The molecule has 1 rings (SSSR count). The van der Waals surface area contributed by atoms with E-state index in [9.17, 15) is 15.1 Å². The molecule has 3 N–H and O–H groups in total. The molecule has 0 radical (unpaired) electrons. The summed E-state index contributed by atoms with van der Waals surface area (Å²) >= 11 is 0. The van der Waals surface area contributed by atoms with Crippen LogP contribution in [-0.2, 0) is 6.61 Å². The number of aromatic hydroxyl groups is 1. The molecule has 76 valence electrons. The zero-order chi connectivity index (χ0) is 10.9. The largest absolute Gasteiger partial charge is 0.618 e. The van der Waals surface area contributed by atoms with Gasteiger partial charge in [0.15, 0.2) is 11.9 Å². The van der Waals surface area contributed by atoms with Crippen molar-refractivity contribution >= 4 is 5.97 Å². The summed E-state index contributed by atoms with van der Waals surface area (Å²) in [5.74, 6) is -1.99. The van der Waals surface area contributed by atoms with Crippen molar-refractivity contribution in [2.24, 2.45) is 0 Å². The summed E-state index contributed by atoms with van der Waals surface area (Å²) in [6, 6.07) is 0. The minimum absolute atomic E-state index is 0.111. The van der Waals surface area contributed by atoms with Crippen LogP contribution in [0.2, 0.25) is 0 Å². The van der Waals surface area contributed by atoms with Gasteiger partial charge in [-0.25, -0.2) is 4.79 Å². The van der Waals surface area contributed by atoms with E-state index in [2.05, 4.69) is 0 Å². The fraction of sp³-hybridized carbons (Fsp3) is 0.250. The Labute approximate surface area is 79.2 Å². The third kappa shape index (κ3) is 1.47. The van der Waals surface area contributed by atoms with Crippen molar-refractivity contribution in [3.05, 3.63) is 28.2 Å². The molecular formula is C8H9NO5. The van der Waals surface area contributed by atoms with Crippen LogP contribution in [0.4, 0.5) is 0 Å². The fourth-order valence-corrected chi connectivity index (χ4v) is 1.10. The molecule has 6 nitrogen and oxygen atoms in total. The number of carbonyl (C=O) groups is 1. The first-order chi connectivity index (χ1) is 6.49. The van der Waals surface area contributed by atoms with E-state index < -0.39 is 23.9 Å². The van der Waals surface area contributed by atoms with Gasteiger partial charge >= 0.3 is 5.97 Å². The lowest BCUT2D eigenvalue weighted by molar-refractivity contribution is -0.613. The number of rotatable bonds is 2. The molecule has 1 heterocycles. The summed E-state index contributed by atoms with van der Waals surface area (Å²) in [5, 5.41) is 37.9. The molecule has 0 bridgehead atoms. The highest BCUT2D eigenvalue weighted by atomic mass is 16.5. The van der Waals surface area contributed by atoms with Gasteiger partial charge in [-0.05, 0) is 0 Å². The van der Waals surface area contributed by atoms with Crippen molar-refractivity contribution in [1.82, 2.24) is 0 Å². The Hall–Kier alpha value is -1.82. The van der Waals surface area contributed by atoms with Gasteiger partial charge in [0.1, 0.15) is 5.56 Å². The molecule has 1 aromatic heterocycles. The molecule has 0 fully saturated rings. The van der Waals surface area contributed by atoms with Gasteiger partial charge in [-0.2, -0.15) is 4.73 Å². The molecule has 1 aromatic rings. The van der Waals surface area contributed by atoms with Crippen LogP contribution < -0.4 is 4.73 Å². The highest BCUT2D eigenvalue weighted by molar-refractivity contribution is 5.92. The fourth-order valence-electron chi connectivity index (χ4n) is 1.10. The normalized spacial score (nSPS) is 10.1. The summed E-state index contributed by atoms with van der Waals surface area (Å²) in [5.41, 5.74) is -0.660. The van der Waals surface area contributed by atoms with Crippen molar-refractivity contribution in [1.29, 1.82) is 0 Å². The maximum Gasteiger partial charge on any atom is 0.340 e. The lowest BCUT2D eigenvalue weighted by Crippen LogP contribution is -2.31. The summed E-state index contributed by atoms with van der Waals surface area (Å²) in [6.45, 7) is 0.674. The van der Waals surface area contributed by atoms with Gasteiger partial charge in [-0.15, -0.1) is 0 Å². The number of aliphatic hydroxyl groups excluding tert-OH is 1. The number of hydrogen-bond acceptors (Lipinski definition) is 4. The van der Waals surface area contributed by atoms with Crippen molar-refractivity contribution in [3.63, 3.8) is 0 Å². The van der Waals surface area contributed by atoms with E-state index in [-0.39, 0.29) is 11.3 Å². The van der Waals surface area contributed by atoms with Crippen LogP contribution in [0.1, 0.15) is 21.6 Å². The van der Waals surface area contributed by atoms with Crippen LogP contribution in [0.3, 0.4) is 0 Å². The number of pyridine rings is 1. The van der Waals surface area contributed by atoms with Crippen LogP contribution in [0.25, 0.3) is 0 Å². The van der Waals surface area contributed by atoms with Crippen LogP contribution >= 0.6 is 0 Å². The summed E-state index contributed by atoms with van der Waals surface area (Å²) < 4.78 is 0.313. The molecule has 0 atom stereocenters. The second kappa shape index (κ2) is 3.51. The van der Waals surface area contributed by atoms with E-state index in [1.54, 1.807) is 0 Å². The van der Waals surface area contributed by atoms with E-state index in [0.717, 1.165) is 6.20 Å². The first-order valence-corrected chi connectivity index (χ1v) is 3.77. The molecule has 0 aliphatic heterocycles. The molecule has 0 amide bonds. The smallest absolute Gasteiger partial charge is 0.340 e. The van der Waals surface area contributed by atoms with Crippen LogP contribution in [0, 0.1) is 12.1 Å². The molecule has 0 aliphatic carbocycles. The maximum atomic E-state index is 11.0. The average Bonchev–Trinajstić information content (AvgIpc) is 2.12. The molecule has 0 aromatic carbocycles. The van der Waals surface area contributed by atoms with Gasteiger partial charge in [-0.1, -0.05) is 0 Å². The number of aromatic carboxylic acids is 1. The number of hydrogen-bond donors (Lipinski definition) is 3. The summed E-state index contributed by atoms with van der Waals surface area (Å²) in [4.78, 5) is 10.7. The zero-order valence-corrected chi connectivity index (χ0v) is 7.39. The lowest BCUT2D eigenvalue weighted by Gasteiger charge is -2.08. The third-order valence-electron chi connectivity index (χ3n) is 1.89. The average molecular weight is 199 g/mol. The van der Waals surface area contributed by atoms with Crippen LogP contribution in [-0.4, -0.2) is 21.3 Å². The molecule has 14 heavy (non-hydrogen) atoms. The topological polar surface area (TPSA) is 105 Å². The predicted octanol–water partition coefficient (Wildman–Crippen LogP) is -0.475. The van der Waals surface area contributed by atoms with Gasteiger partial charge in [0.2, 0.25) is 5.69 Å². The van der Waals surface area contributed by atoms with Gasteiger partial charge in [0, 0.05) is 6.92 Å². The standard InChI is InChI=1S/C8H9NO5/c1-4-7(11)6(8(12)13)5(3-10)2-9(4)14/h2,10-11H,3H2,1H3,(H,12,13). The first kappa shape index (κ1) is 10.3. The second-order valence-electron chi connectivity index (χ2n) is 2.75. The molecule has 0 saturated carbocycles. The molecule has 0 saturated heterocycles. The van der Waals surface area contributed by atoms with E-state index in [1.807, 2.05) is 0 Å². The minimum Gasteiger partial charge on any atom is -0.618 e. The Morgan fingerprint density at radius 3 is 2.64 bits per heavy atom. The number of aliphatic hydroxyl groups is 1. The van der Waals surface area contributed by atoms with E-state index >= 15 is 0 Å². The Kier molecular flexibility index (Phi) is 2.57. The Morgan fingerprint density at radius 1 is 1.64 bits per heavy atom. The van der Waals surface area contributed by atoms with Crippen LogP contribution in [0.5, 0.6) is 5.75 Å². The van der Waals surface area contributed by atoms with E-state index in [1.165, 1.54) is 6.92 Å². The molecule has 0 aliphatic rings. The van der Waals surface area contributed by atoms with Crippen molar-refractivity contribution < 1.29 is 24.8 Å². The van der Waals surface area contributed by atoms with Gasteiger partial charge < -0.3 is 20.5 Å². The Balaban J connectivity index is 3.53. The van der Waals surface area contributed by atoms with Gasteiger partial charge in [0.05, 0.1) is 12.2 Å². The highest BCUT2D eigenvalue weighted by Gasteiger charge is 2.22. The minimum atomic E-state index is -1.38. The lowest BCUT2D eigenvalue weighted by atomic mass is 10.1. The third-order valence-corrected chi connectivity index (χ3v) is 1.89. The molecule has 0 unspecified atom stereocenters. The van der Waals surface area contributed by atoms with Crippen molar-refractivity contribution in [2.75, 3.05) is 0 Å². The van der Waals surface area contributed by atoms with Gasteiger partial charge in [0.25, 0.3) is 0 Å². The monoisotopic (exact) mass is 199 g/mol. The predicted molar refractivity (Wildman–Crippen MR) is 44.7 cm³/mol. The maximum absolute atomic E-state index is 11.0. The van der Waals surface area contributed by atoms with Crippen molar-refractivity contribution in [3.8, 4) is 5.75 Å². The van der Waals surface area contributed by atoms with E-state index in [4.69, 9.17) is 10.2 Å². The van der Waals surface area contributed by atoms with Crippen LogP contribution in [0.15, 0.2) is 6.20 Å². The zero-order valence-electron chi connectivity index (χ0n) is 7.39. The number of aromatic nitrogens is 1. The molecule has 0 spiro atoms. The van der Waals surface area contributed by atoms with E-state index in [0.29, 0.717) is 4.73 Å². The highest BCUT2D eigenvalue weighted by Crippen LogP contribution is 2.22. The molecular weight excluding hydrogens is 190 g/mol. The Morgan fingerprint density at radius 2 is 2.21 bits per heavy atom.